The summed E-state index contributed by atoms with van der Waals surface area (Å²) in [6, 6.07) is 2.83. The van der Waals surface area contributed by atoms with Crippen molar-refractivity contribution in [3.8, 4) is 0 Å². The molecule has 0 aliphatic rings. The number of benzene rings is 1. The van der Waals surface area contributed by atoms with Crippen molar-refractivity contribution in [2.24, 2.45) is 0 Å². The van der Waals surface area contributed by atoms with Gasteiger partial charge in [0, 0.05) is 4.47 Å². The standard InChI is InChI=1S/C9H7BrClF3S/c1-4-2-7(11)6(10)3-5(4)8(15)9(12,13)14/h2-3,8,15H,1H3. The predicted octanol–water partition coefficient (Wildman–Crippen LogP) is 4.94. The van der Waals surface area contributed by atoms with E-state index >= 15 is 0 Å². The van der Waals surface area contributed by atoms with Crippen LogP contribution in [-0.4, -0.2) is 6.18 Å². The van der Waals surface area contributed by atoms with Gasteiger partial charge in [-0.15, -0.1) is 0 Å². The van der Waals surface area contributed by atoms with Gasteiger partial charge in [0.25, 0.3) is 0 Å². The molecule has 0 spiro atoms. The van der Waals surface area contributed by atoms with Gasteiger partial charge >= 0.3 is 6.18 Å². The maximum absolute atomic E-state index is 12.4. The molecule has 0 heterocycles. The number of hydrogen-bond acceptors (Lipinski definition) is 1. The van der Waals surface area contributed by atoms with Gasteiger partial charge < -0.3 is 0 Å². The Hall–Kier alpha value is 0.130. The van der Waals surface area contributed by atoms with Crippen LogP contribution < -0.4 is 0 Å². The highest BCUT2D eigenvalue weighted by Gasteiger charge is 2.39. The molecule has 1 rings (SSSR count). The molecular formula is C9H7BrClF3S. The summed E-state index contributed by atoms with van der Waals surface area (Å²) in [6.45, 7) is 1.57. The predicted molar refractivity (Wildman–Crippen MR) is 61.7 cm³/mol. The molecule has 0 radical (unpaired) electrons. The summed E-state index contributed by atoms with van der Waals surface area (Å²) in [5.41, 5.74) is 0.586. The van der Waals surface area contributed by atoms with Crippen molar-refractivity contribution in [1.82, 2.24) is 0 Å². The lowest BCUT2D eigenvalue weighted by atomic mass is 10.1. The zero-order valence-corrected chi connectivity index (χ0v) is 10.8. The Morgan fingerprint density at radius 3 is 2.40 bits per heavy atom. The van der Waals surface area contributed by atoms with Gasteiger partial charge in [0.15, 0.2) is 0 Å². The highest BCUT2D eigenvalue weighted by molar-refractivity contribution is 9.10. The van der Waals surface area contributed by atoms with Crippen molar-refractivity contribution in [3.05, 3.63) is 32.8 Å². The van der Waals surface area contributed by atoms with E-state index in [0.717, 1.165) is 0 Å². The molecule has 0 aliphatic heterocycles. The molecule has 1 aromatic rings. The largest absolute Gasteiger partial charge is 0.404 e. The minimum absolute atomic E-state index is 0.113. The molecule has 6 heteroatoms. The molecular weight excluding hydrogens is 313 g/mol. The first-order chi connectivity index (χ1) is 6.73. The highest BCUT2D eigenvalue weighted by Crippen LogP contribution is 2.41. The Morgan fingerprint density at radius 1 is 1.40 bits per heavy atom. The average Bonchev–Trinajstić information content (AvgIpc) is 2.08. The van der Waals surface area contributed by atoms with E-state index in [9.17, 15) is 13.2 Å². The number of halogens is 5. The molecule has 84 valence electrons. The molecule has 1 atom stereocenters. The van der Waals surface area contributed by atoms with Gasteiger partial charge in [-0.3, -0.25) is 0 Å². The SMILES string of the molecule is Cc1cc(Cl)c(Br)cc1C(S)C(F)(F)F. The van der Waals surface area contributed by atoms with Crippen LogP contribution >= 0.6 is 40.2 Å². The van der Waals surface area contributed by atoms with Gasteiger partial charge in [-0.05, 0) is 46.1 Å². The third-order valence-corrected chi connectivity index (χ3v) is 3.68. The van der Waals surface area contributed by atoms with Crippen LogP contribution in [0, 0.1) is 6.92 Å². The topological polar surface area (TPSA) is 0 Å². The molecule has 0 saturated heterocycles. The van der Waals surface area contributed by atoms with E-state index in [1.807, 2.05) is 0 Å². The minimum Gasteiger partial charge on any atom is -0.169 e. The zero-order valence-electron chi connectivity index (χ0n) is 7.57. The van der Waals surface area contributed by atoms with Crippen LogP contribution in [0.5, 0.6) is 0 Å². The Balaban J connectivity index is 3.21. The van der Waals surface area contributed by atoms with Gasteiger partial charge in [0.1, 0.15) is 5.25 Å². The maximum Gasteiger partial charge on any atom is 0.404 e. The van der Waals surface area contributed by atoms with E-state index in [0.29, 0.717) is 15.1 Å². The van der Waals surface area contributed by atoms with Crippen molar-refractivity contribution in [2.45, 2.75) is 18.3 Å². The van der Waals surface area contributed by atoms with Crippen molar-refractivity contribution in [1.29, 1.82) is 0 Å². The van der Waals surface area contributed by atoms with Crippen LogP contribution in [0.3, 0.4) is 0 Å². The third-order valence-electron chi connectivity index (χ3n) is 1.91. The molecule has 0 amide bonds. The number of thiol groups is 1. The molecule has 0 N–H and O–H groups in total. The molecule has 0 saturated carbocycles. The summed E-state index contributed by atoms with van der Waals surface area (Å²) in [4.78, 5) is 0. The fraction of sp³-hybridized carbons (Fsp3) is 0.333. The monoisotopic (exact) mass is 318 g/mol. The normalized spacial score (nSPS) is 14.1. The average molecular weight is 320 g/mol. The summed E-state index contributed by atoms with van der Waals surface area (Å²) >= 11 is 12.4. The van der Waals surface area contributed by atoms with Crippen LogP contribution in [0.2, 0.25) is 5.02 Å². The van der Waals surface area contributed by atoms with Gasteiger partial charge in [-0.1, -0.05) is 11.6 Å². The van der Waals surface area contributed by atoms with Crippen LogP contribution in [0.15, 0.2) is 16.6 Å². The van der Waals surface area contributed by atoms with Gasteiger partial charge in [-0.2, -0.15) is 25.8 Å². The second-order valence-electron chi connectivity index (χ2n) is 3.07. The van der Waals surface area contributed by atoms with Crippen molar-refractivity contribution >= 4 is 40.2 Å². The third kappa shape index (κ3) is 3.04. The minimum atomic E-state index is -4.36. The van der Waals surface area contributed by atoms with Crippen molar-refractivity contribution < 1.29 is 13.2 Å². The molecule has 0 bridgehead atoms. The molecule has 1 unspecified atom stereocenters. The zero-order chi connectivity index (χ0) is 11.8. The first-order valence-corrected chi connectivity index (χ1v) is 5.62. The summed E-state index contributed by atoms with van der Waals surface area (Å²) in [6.07, 6.45) is -4.36. The molecule has 0 fully saturated rings. The van der Waals surface area contributed by atoms with E-state index in [2.05, 4.69) is 28.6 Å². The second-order valence-corrected chi connectivity index (χ2v) is 4.84. The molecule has 15 heavy (non-hydrogen) atoms. The number of rotatable bonds is 1. The van der Waals surface area contributed by atoms with E-state index < -0.39 is 11.4 Å². The van der Waals surface area contributed by atoms with Crippen LogP contribution in [-0.2, 0) is 0 Å². The van der Waals surface area contributed by atoms with Crippen molar-refractivity contribution in [2.75, 3.05) is 0 Å². The summed E-state index contributed by atoms with van der Waals surface area (Å²) < 4.78 is 37.7. The van der Waals surface area contributed by atoms with Crippen molar-refractivity contribution in [3.63, 3.8) is 0 Å². The first-order valence-electron chi connectivity index (χ1n) is 3.94. The number of hydrogen-bond donors (Lipinski definition) is 1. The van der Waals surface area contributed by atoms with Crippen LogP contribution in [0.25, 0.3) is 0 Å². The molecule has 1 aromatic carbocycles. The first kappa shape index (κ1) is 13.2. The summed E-state index contributed by atoms with van der Waals surface area (Å²) in [5, 5.41) is -1.40. The maximum atomic E-state index is 12.4. The van der Waals surface area contributed by atoms with Crippen LogP contribution in [0.4, 0.5) is 13.2 Å². The number of alkyl halides is 3. The molecule has 0 aromatic heterocycles. The lowest BCUT2D eigenvalue weighted by Gasteiger charge is -2.18. The van der Waals surface area contributed by atoms with Crippen LogP contribution in [0.1, 0.15) is 16.4 Å². The highest BCUT2D eigenvalue weighted by atomic mass is 79.9. The Bertz CT molecular complexity index is 378. The van der Waals surface area contributed by atoms with Gasteiger partial charge in [0.05, 0.1) is 5.02 Å². The number of aryl methyl sites for hydroxylation is 1. The lowest BCUT2D eigenvalue weighted by molar-refractivity contribution is -0.129. The fourth-order valence-electron chi connectivity index (χ4n) is 1.13. The Kier molecular flexibility index (Phi) is 4.01. The van der Waals surface area contributed by atoms with E-state index in [1.165, 1.54) is 12.1 Å². The summed E-state index contributed by atoms with van der Waals surface area (Å²) in [7, 11) is 0. The smallest absolute Gasteiger partial charge is 0.169 e. The quantitative estimate of drug-likeness (QED) is 0.696. The summed E-state index contributed by atoms with van der Waals surface area (Å²) in [5.74, 6) is 0. The van der Waals surface area contributed by atoms with Gasteiger partial charge in [0.2, 0.25) is 0 Å². The molecule has 0 nitrogen and oxygen atoms in total. The van der Waals surface area contributed by atoms with E-state index in [1.54, 1.807) is 6.92 Å². The Morgan fingerprint density at radius 2 is 1.93 bits per heavy atom. The Labute approximate surface area is 104 Å². The molecule has 0 aliphatic carbocycles. The van der Waals surface area contributed by atoms with E-state index in [4.69, 9.17) is 11.6 Å². The second kappa shape index (κ2) is 4.55. The van der Waals surface area contributed by atoms with Gasteiger partial charge in [-0.25, -0.2) is 0 Å². The fourth-order valence-corrected chi connectivity index (χ4v) is 1.99. The lowest BCUT2D eigenvalue weighted by Crippen LogP contribution is -2.16. The van der Waals surface area contributed by atoms with E-state index in [-0.39, 0.29) is 5.56 Å².